The molecule has 20 heavy (non-hydrogen) atoms. The zero-order chi connectivity index (χ0) is 15.1. The molecule has 0 amide bonds. The molecule has 1 heterocycles. The number of rotatable bonds is 8. The molecular formula is C17H31N3. The van der Waals surface area contributed by atoms with Crippen molar-refractivity contribution in [3.63, 3.8) is 0 Å². The average Bonchev–Trinajstić information content (AvgIpc) is 2.34. The summed E-state index contributed by atoms with van der Waals surface area (Å²) in [4.78, 5) is 7.06. The number of nitrogens with one attached hydrogen (secondary N) is 1. The van der Waals surface area contributed by atoms with Gasteiger partial charge in [-0.25, -0.2) is 4.98 Å². The first-order valence-electron chi connectivity index (χ1n) is 7.85. The van der Waals surface area contributed by atoms with Crippen LogP contribution in [0.5, 0.6) is 0 Å². The maximum atomic E-state index is 4.70. The van der Waals surface area contributed by atoms with E-state index in [1.165, 1.54) is 5.56 Å². The van der Waals surface area contributed by atoms with Crippen LogP contribution >= 0.6 is 0 Å². The molecule has 0 aromatic carbocycles. The van der Waals surface area contributed by atoms with Crippen molar-refractivity contribution < 1.29 is 0 Å². The summed E-state index contributed by atoms with van der Waals surface area (Å²) < 4.78 is 0. The predicted molar refractivity (Wildman–Crippen MR) is 88.2 cm³/mol. The number of hydrogen-bond acceptors (Lipinski definition) is 3. The number of anilines is 1. The molecule has 0 unspecified atom stereocenters. The number of hydrogen-bond donors (Lipinski definition) is 1. The molecule has 0 radical (unpaired) electrons. The van der Waals surface area contributed by atoms with E-state index in [1.807, 2.05) is 0 Å². The van der Waals surface area contributed by atoms with Crippen LogP contribution in [0, 0.1) is 18.8 Å². The largest absolute Gasteiger partial charge is 0.357 e. The van der Waals surface area contributed by atoms with Gasteiger partial charge < -0.3 is 10.2 Å². The standard InChI is InChI=1S/C17H31N3/c1-7-20(12-14(4)5)17-9-16(8-15(6)19-17)11-18-10-13(2)3/h8-9,13-14,18H,7,10-12H2,1-6H3. The molecule has 0 bridgehead atoms. The van der Waals surface area contributed by atoms with Crippen LogP contribution in [0.3, 0.4) is 0 Å². The van der Waals surface area contributed by atoms with Crippen LogP contribution < -0.4 is 10.2 Å². The summed E-state index contributed by atoms with van der Waals surface area (Å²) in [5, 5.41) is 3.51. The fourth-order valence-electron chi connectivity index (χ4n) is 2.32. The first kappa shape index (κ1) is 17.0. The molecule has 1 aromatic rings. The summed E-state index contributed by atoms with van der Waals surface area (Å²) in [5.74, 6) is 2.45. The zero-order valence-electron chi connectivity index (χ0n) is 14.0. The van der Waals surface area contributed by atoms with E-state index >= 15 is 0 Å². The second kappa shape index (κ2) is 8.25. The molecule has 1 N–H and O–H groups in total. The minimum absolute atomic E-state index is 0.653. The molecule has 0 atom stereocenters. The van der Waals surface area contributed by atoms with Crippen molar-refractivity contribution >= 4 is 5.82 Å². The summed E-state index contributed by atoms with van der Waals surface area (Å²) in [7, 11) is 0. The van der Waals surface area contributed by atoms with Crippen LogP contribution in [-0.4, -0.2) is 24.6 Å². The summed E-state index contributed by atoms with van der Waals surface area (Å²) in [6.07, 6.45) is 0. The quantitative estimate of drug-likeness (QED) is 0.786. The van der Waals surface area contributed by atoms with Crippen molar-refractivity contribution in [2.75, 3.05) is 24.5 Å². The lowest BCUT2D eigenvalue weighted by Gasteiger charge is -2.25. The van der Waals surface area contributed by atoms with Gasteiger partial charge in [0.2, 0.25) is 0 Å². The number of pyridine rings is 1. The highest BCUT2D eigenvalue weighted by molar-refractivity contribution is 5.42. The Morgan fingerprint density at radius 3 is 2.40 bits per heavy atom. The summed E-state index contributed by atoms with van der Waals surface area (Å²) in [6.45, 7) is 17.3. The maximum Gasteiger partial charge on any atom is 0.129 e. The highest BCUT2D eigenvalue weighted by Gasteiger charge is 2.09. The lowest BCUT2D eigenvalue weighted by Crippen LogP contribution is -2.28. The van der Waals surface area contributed by atoms with Crippen LogP contribution in [0.25, 0.3) is 0 Å². The van der Waals surface area contributed by atoms with Gasteiger partial charge in [0.15, 0.2) is 0 Å². The van der Waals surface area contributed by atoms with E-state index in [1.54, 1.807) is 0 Å². The third kappa shape index (κ3) is 5.91. The van der Waals surface area contributed by atoms with Crippen LogP contribution in [-0.2, 0) is 6.54 Å². The van der Waals surface area contributed by atoms with Crippen molar-refractivity contribution in [3.05, 3.63) is 23.4 Å². The minimum atomic E-state index is 0.653. The van der Waals surface area contributed by atoms with E-state index in [4.69, 9.17) is 4.98 Å². The van der Waals surface area contributed by atoms with Gasteiger partial charge in [-0.05, 0) is 49.9 Å². The monoisotopic (exact) mass is 277 g/mol. The molecule has 0 fully saturated rings. The molecule has 3 heteroatoms. The Morgan fingerprint density at radius 1 is 1.15 bits per heavy atom. The van der Waals surface area contributed by atoms with E-state index in [2.05, 4.69) is 63.9 Å². The van der Waals surface area contributed by atoms with Gasteiger partial charge in [-0.3, -0.25) is 0 Å². The Labute approximate surface area is 124 Å². The molecule has 0 spiro atoms. The van der Waals surface area contributed by atoms with Crippen LogP contribution in [0.1, 0.15) is 45.9 Å². The summed E-state index contributed by atoms with van der Waals surface area (Å²) in [5.41, 5.74) is 2.43. The minimum Gasteiger partial charge on any atom is -0.357 e. The maximum absolute atomic E-state index is 4.70. The lowest BCUT2D eigenvalue weighted by atomic mass is 10.1. The third-order valence-corrected chi connectivity index (χ3v) is 3.17. The van der Waals surface area contributed by atoms with Gasteiger partial charge >= 0.3 is 0 Å². The van der Waals surface area contributed by atoms with Crippen LogP contribution in [0.15, 0.2) is 12.1 Å². The molecule has 0 saturated heterocycles. The Balaban J connectivity index is 2.78. The molecule has 0 aliphatic heterocycles. The van der Waals surface area contributed by atoms with Gasteiger partial charge in [0, 0.05) is 25.3 Å². The van der Waals surface area contributed by atoms with Gasteiger partial charge in [0.05, 0.1) is 0 Å². The smallest absolute Gasteiger partial charge is 0.129 e. The van der Waals surface area contributed by atoms with Crippen molar-refractivity contribution in [1.82, 2.24) is 10.3 Å². The molecule has 0 aliphatic rings. The second-order valence-electron chi connectivity index (χ2n) is 6.43. The van der Waals surface area contributed by atoms with Crippen LogP contribution in [0.4, 0.5) is 5.82 Å². The lowest BCUT2D eigenvalue weighted by molar-refractivity contribution is 0.552. The van der Waals surface area contributed by atoms with Gasteiger partial charge in [0.1, 0.15) is 5.82 Å². The molecule has 114 valence electrons. The van der Waals surface area contributed by atoms with Crippen LogP contribution in [0.2, 0.25) is 0 Å². The predicted octanol–water partition coefficient (Wildman–Crippen LogP) is 3.62. The number of aryl methyl sites for hydroxylation is 1. The Kier molecular flexibility index (Phi) is 7.00. The van der Waals surface area contributed by atoms with Gasteiger partial charge in [-0.2, -0.15) is 0 Å². The number of aromatic nitrogens is 1. The first-order valence-corrected chi connectivity index (χ1v) is 7.85. The molecule has 0 saturated carbocycles. The Morgan fingerprint density at radius 2 is 1.85 bits per heavy atom. The van der Waals surface area contributed by atoms with Gasteiger partial charge in [-0.1, -0.05) is 27.7 Å². The van der Waals surface area contributed by atoms with Gasteiger partial charge in [-0.15, -0.1) is 0 Å². The van der Waals surface area contributed by atoms with E-state index in [-0.39, 0.29) is 0 Å². The zero-order valence-corrected chi connectivity index (χ0v) is 14.0. The van der Waals surface area contributed by atoms with Crippen molar-refractivity contribution in [1.29, 1.82) is 0 Å². The second-order valence-corrected chi connectivity index (χ2v) is 6.43. The first-order chi connectivity index (χ1) is 9.42. The Bertz CT molecular complexity index is 399. The summed E-state index contributed by atoms with van der Waals surface area (Å²) in [6, 6.07) is 4.41. The van der Waals surface area contributed by atoms with E-state index in [9.17, 15) is 0 Å². The fraction of sp³-hybridized carbons (Fsp3) is 0.706. The van der Waals surface area contributed by atoms with E-state index < -0.39 is 0 Å². The molecule has 0 aliphatic carbocycles. The topological polar surface area (TPSA) is 28.2 Å². The number of nitrogens with zero attached hydrogens (tertiary/aromatic N) is 2. The van der Waals surface area contributed by atoms with Crippen molar-refractivity contribution in [3.8, 4) is 0 Å². The van der Waals surface area contributed by atoms with Crippen molar-refractivity contribution in [2.24, 2.45) is 11.8 Å². The highest BCUT2D eigenvalue weighted by Crippen LogP contribution is 2.16. The molecular weight excluding hydrogens is 246 g/mol. The van der Waals surface area contributed by atoms with E-state index in [0.29, 0.717) is 11.8 Å². The molecule has 1 aromatic heterocycles. The van der Waals surface area contributed by atoms with E-state index in [0.717, 1.165) is 37.7 Å². The normalized spacial score (nSPS) is 11.4. The average molecular weight is 277 g/mol. The molecule has 1 rings (SSSR count). The third-order valence-electron chi connectivity index (χ3n) is 3.17. The fourth-order valence-corrected chi connectivity index (χ4v) is 2.32. The van der Waals surface area contributed by atoms with Crippen molar-refractivity contribution in [2.45, 2.75) is 48.1 Å². The highest BCUT2D eigenvalue weighted by atomic mass is 15.2. The Hall–Kier alpha value is -1.09. The molecule has 3 nitrogen and oxygen atoms in total. The summed E-state index contributed by atoms with van der Waals surface area (Å²) >= 11 is 0. The van der Waals surface area contributed by atoms with Gasteiger partial charge in [0.25, 0.3) is 0 Å². The SMILES string of the molecule is CCN(CC(C)C)c1cc(CNCC(C)C)cc(C)n1.